The largest absolute Gasteiger partial charge is 0.452 e. The molecule has 1 fully saturated rings. The molecule has 4 rings (SSSR count). The van der Waals surface area contributed by atoms with E-state index in [1.165, 1.54) is 24.4 Å². The molecule has 2 unspecified atom stereocenters. The van der Waals surface area contributed by atoms with Crippen molar-refractivity contribution in [1.82, 2.24) is 9.97 Å². The number of hydrogen-bond acceptors (Lipinski definition) is 6. The van der Waals surface area contributed by atoms with Gasteiger partial charge in [0.2, 0.25) is 11.7 Å². The molecule has 2 aromatic heterocycles. The summed E-state index contributed by atoms with van der Waals surface area (Å²) in [7, 11) is 0. The minimum Gasteiger partial charge on any atom is -0.431 e. The van der Waals surface area contributed by atoms with Gasteiger partial charge in [0.25, 0.3) is 5.91 Å². The van der Waals surface area contributed by atoms with Crippen LogP contribution >= 0.6 is 0 Å². The molecular weight excluding hydrogens is 413 g/mol. The van der Waals surface area contributed by atoms with E-state index in [0.717, 1.165) is 12.8 Å². The van der Waals surface area contributed by atoms with Gasteiger partial charge in [-0.05, 0) is 43.5 Å². The highest BCUT2D eigenvalue weighted by molar-refractivity contribution is 6.04. The third-order valence-electron chi connectivity index (χ3n) is 4.90. The fourth-order valence-corrected chi connectivity index (χ4v) is 3.41. The SMILES string of the molecule is O=C(Nc1ccc(NC2CCC(O)C2)nc1)c1nc(-c2ccccc2)oc1C(F)(F)F. The lowest BCUT2D eigenvalue weighted by atomic mass is 10.2. The van der Waals surface area contributed by atoms with Gasteiger partial charge >= 0.3 is 6.18 Å². The highest BCUT2D eigenvalue weighted by Gasteiger charge is 2.42. The Kier molecular flexibility index (Phi) is 5.64. The van der Waals surface area contributed by atoms with Crippen molar-refractivity contribution in [3.05, 3.63) is 60.1 Å². The van der Waals surface area contributed by atoms with Crippen LogP contribution in [-0.2, 0) is 6.18 Å². The average molecular weight is 432 g/mol. The summed E-state index contributed by atoms with van der Waals surface area (Å²) in [6.45, 7) is 0. The molecule has 1 aromatic carbocycles. The molecule has 0 spiro atoms. The Morgan fingerprint density at radius 2 is 1.90 bits per heavy atom. The maximum absolute atomic E-state index is 13.4. The lowest BCUT2D eigenvalue weighted by molar-refractivity contribution is -0.153. The third-order valence-corrected chi connectivity index (χ3v) is 4.90. The van der Waals surface area contributed by atoms with Crippen molar-refractivity contribution < 1.29 is 27.5 Å². The minimum absolute atomic E-state index is 0.101. The molecule has 10 heteroatoms. The summed E-state index contributed by atoms with van der Waals surface area (Å²) in [6.07, 6.45) is -1.73. The number of halogens is 3. The van der Waals surface area contributed by atoms with Crippen molar-refractivity contribution in [1.29, 1.82) is 0 Å². The predicted molar refractivity (Wildman–Crippen MR) is 106 cm³/mol. The van der Waals surface area contributed by atoms with Gasteiger partial charge in [-0.15, -0.1) is 0 Å². The summed E-state index contributed by atoms with van der Waals surface area (Å²) in [5.74, 6) is -2.27. The molecule has 0 saturated heterocycles. The van der Waals surface area contributed by atoms with Gasteiger partial charge in [-0.1, -0.05) is 18.2 Å². The topological polar surface area (TPSA) is 100 Å². The van der Waals surface area contributed by atoms with Crippen LogP contribution in [0.2, 0.25) is 0 Å². The first kappa shape index (κ1) is 20.9. The van der Waals surface area contributed by atoms with Gasteiger partial charge in [-0.25, -0.2) is 9.97 Å². The van der Waals surface area contributed by atoms with E-state index in [4.69, 9.17) is 4.42 Å². The Morgan fingerprint density at radius 1 is 1.13 bits per heavy atom. The molecule has 162 valence electrons. The number of aromatic nitrogens is 2. The van der Waals surface area contributed by atoms with Crippen LogP contribution in [0, 0.1) is 0 Å². The average Bonchev–Trinajstić information content (AvgIpc) is 3.37. The number of hydrogen-bond donors (Lipinski definition) is 3. The van der Waals surface area contributed by atoms with Crippen molar-refractivity contribution in [2.75, 3.05) is 10.6 Å². The van der Waals surface area contributed by atoms with Crippen LogP contribution in [0.15, 0.2) is 53.1 Å². The number of carbonyl (C=O) groups excluding carboxylic acids is 1. The molecule has 3 aromatic rings. The maximum atomic E-state index is 13.4. The van der Waals surface area contributed by atoms with E-state index in [0.29, 0.717) is 17.8 Å². The van der Waals surface area contributed by atoms with Gasteiger partial charge in [0.05, 0.1) is 18.0 Å². The predicted octanol–water partition coefficient (Wildman–Crippen LogP) is 4.33. The van der Waals surface area contributed by atoms with Crippen molar-refractivity contribution in [2.24, 2.45) is 0 Å². The minimum atomic E-state index is -4.88. The number of oxazole rings is 1. The van der Waals surface area contributed by atoms with Crippen molar-refractivity contribution >= 4 is 17.4 Å². The number of pyridine rings is 1. The molecule has 1 aliphatic carbocycles. The summed E-state index contributed by atoms with van der Waals surface area (Å²) in [5.41, 5.74) is -0.325. The highest BCUT2D eigenvalue weighted by atomic mass is 19.4. The van der Waals surface area contributed by atoms with Crippen molar-refractivity contribution in [3.8, 4) is 11.5 Å². The quantitative estimate of drug-likeness (QED) is 0.555. The Labute approximate surface area is 175 Å². The molecule has 3 N–H and O–H groups in total. The molecule has 0 aliphatic heterocycles. The van der Waals surface area contributed by atoms with Gasteiger partial charge < -0.3 is 20.2 Å². The van der Waals surface area contributed by atoms with Crippen LogP contribution < -0.4 is 10.6 Å². The molecule has 2 atom stereocenters. The third kappa shape index (κ3) is 4.85. The molecule has 31 heavy (non-hydrogen) atoms. The lowest BCUT2D eigenvalue weighted by Gasteiger charge is -2.13. The molecule has 2 heterocycles. The van der Waals surface area contributed by atoms with Crippen LogP contribution in [0.1, 0.15) is 35.5 Å². The monoisotopic (exact) mass is 432 g/mol. The van der Waals surface area contributed by atoms with Crippen molar-refractivity contribution in [2.45, 2.75) is 37.6 Å². The van der Waals surface area contributed by atoms with Crippen LogP contribution in [0.25, 0.3) is 11.5 Å². The van der Waals surface area contributed by atoms with E-state index in [2.05, 4.69) is 20.6 Å². The van der Waals surface area contributed by atoms with Gasteiger partial charge in [-0.3, -0.25) is 4.79 Å². The number of aliphatic hydroxyl groups is 1. The second-order valence-electron chi connectivity index (χ2n) is 7.25. The van der Waals surface area contributed by atoms with Crippen LogP contribution in [0.5, 0.6) is 0 Å². The molecule has 1 amide bonds. The first-order valence-electron chi connectivity index (χ1n) is 9.65. The number of rotatable bonds is 5. The first-order chi connectivity index (χ1) is 14.8. The normalized spacial score (nSPS) is 18.7. The van der Waals surface area contributed by atoms with Crippen LogP contribution in [0.4, 0.5) is 24.7 Å². The van der Waals surface area contributed by atoms with Gasteiger partial charge in [-0.2, -0.15) is 13.2 Å². The standard InChI is InChI=1S/C21H19F3N4O3/c22-21(23,24)18-17(28-20(31-18)12-4-2-1-3-5-12)19(30)27-14-7-9-16(25-11-14)26-13-6-8-15(29)10-13/h1-5,7,9,11,13,15,29H,6,8,10H2,(H,25,26)(H,27,30). The van der Waals surface area contributed by atoms with E-state index in [9.17, 15) is 23.1 Å². The van der Waals surface area contributed by atoms with E-state index in [1.54, 1.807) is 24.3 Å². The zero-order chi connectivity index (χ0) is 22.0. The van der Waals surface area contributed by atoms with Gasteiger partial charge in [0.1, 0.15) is 5.82 Å². The second-order valence-corrected chi connectivity index (χ2v) is 7.25. The summed E-state index contributed by atoms with van der Waals surface area (Å²) >= 11 is 0. The summed E-state index contributed by atoms with van der Waals surface area (Å²) < 4.78 is 45.1. The number of nitrogens with zero attached hydrogens (tertiary/aromatic N) is 2. The molecule has 7 nitrogen and oxygen atoms in total. The molecular formula is C21H19F3N4O3. The Bertz CT molecular complexity index is 1050. The van der Waals surface area contributed by atoms with E-state index in [-0.39, 0.29) is 23.7 Å². The van der Waals surface area contributed by atoms with Gasteiger partial charge in [0.15, 0.2) is 5.69 Å². The fraction of sp³-hybridized carbons (Fsp3) is 0.286. The van der Waals surface area contributed by atoms with Gasteiger partial charge in [0, 0.05) is 11.6 Å². The summed E-state index contributed by atoms with van der Waals surface area (Å²) in [6, 6.07) is 11.2. The number of carbonyl (C=O) groups is 1. The summed E-state index contributed by atoms with van der Waals surface area (Å²) in [5, 5.41) is 15.1. The van der Waals surface area contributed by atoms with Crippen LogP contribution in [0.3, 0.4) is 0 Å². The Hall–Kier alpha value is -3.40. The summed E-state index contributed by atoms with van der Waals surface area (Å²) in [4.78, 5) is 20.5. The van der Waals surface area contributed by atoms with E-state index in [1.807, 2.05) is 0 Å². The van der Waals surface area contributed by atoms with E-state index >= 15 is 0 Å². The smallest absolute Gasteiger partial charge is 0.431 e. The zero-order valence-corrected chi connectivity index (χ0v) is 16.2. The van der Waals surface area contributed by atoms with E-state index < -0.39 is 23.5 Å². The Morgan fingerprint density at radius 3 is 2.52 bits per heavy atom. The number of nitrogens with one attached hydrogen (secondary N) is 2. The number of anilines is 2. The zero-order valence-electron chi connectivity index (χ0n) is 16.2. The molecule has 1 saturated carbocycles. The number of benzene rings is 1. The maximum Gasteiger partial charge on any atom is 0.452 e. The lowest BCUT2D eigenvalue weighted by Crippen LogP contribution is -2.19. The van der Waals surface area contributed by atoms with Crippen LogP contribution in [-0.4, -0.2) is 33.1 Å². The first-order valence-corrected chi connectivity index (χ1v) is 9.65. The van der Waals surface area contributed by atoms with Crippen molar-refractivity contribution in [3.63, 3.8) is 0 Å². The number of aliphatic hydroxyl groups excluding tert-OH is 1. The molecule has 0 bridgehead atoms. The number of alkyl halides is 3. The molecule has 1 aliphatic rings. The Balaban J connectivity index is 1.51. The number of amides is 1. The highest BCUT2D eigenvalue weighted by Crippen LogP contribution is 2.35. The molecule has 0 radical (unpaired) electrons. The second kappa shape index (κ2) is 8.38. The fourth-order valence-electron chi connectivity index (χ4n) is 3.41.